The van der Waals surface area contributed by atoms with Crippen molar-refractivity contribution in [2.45, 2.75) is 25.7 Å². The number of carbonyl (C=O) groups is 1. The highest BCUT2D eigenvalue weighted by Gasteiger charge is 2.05. The van der Waals surface area contributed by atoms with Crippen molar-refractivity contribution in [1.29, 1.82) is 0 Å². The predicted octanol–water partition coefficient (Wildman–Crippen LogP) is 2.64. The van der Waals surface area contributed by atoms with Crippen LogP contribution in [0.3, 0.4) is 0 Å². The average Bonchev–Trinajstić information content (AvgIpc) is 3.06. The Labute approximate surface area is 146 Å². The SMILES string of the molecule is O=C(CCCOc1ccccc1)NCCCc1nnc2ccccn12. The molecule has 0 unspecified atom stereocenters. The number of hydrogen-bond donors (Lipinski definition) is 1. The van der Waals surface area contributed by atoms with Crippen molar-refractivity contribution in [3.05, 3.63) is 60.6 Å². The van der Waals surface area contributed by atoms with E-state index < -0.39 is 0 Å². The van der Waals surface area contributed by atoms with E-state index >= 15 is 0 Å². The van der Waals surface area contributed by atoms with Crippen molar-refractivity contribution in [3.8, 4) is 5.75 Å². The zero-order chi connectivity index (χ0) is 17.3. The van der Waals surface area contributed by atoms with E-state index in [4.69, 9.17) is 4.74 Å². The summed E-state index contributed by atoms with van der Waals surface area (Å²) in [6, 6.07) is 15.5. The van der Waals surface area contributed by atoms with Crippen molar-refractivity contribution in [3.63, 3.8) is 0 Å². The first-order valence-corrected chi connectivity index (χ1v) is 8.56. The number of para-hydroxylation sites is 1. The van der Waals surface area contributed by atoms with Gasteiger partial charge in [0.25, 0.3) is 0 Å². The number of aryl methyl sites for hydroxylation is 1. The minimum absolute atomic E-state index is 0.0581. The maximum atomic E-state index is 11.8. The summed E-state index contributed by atoms with van der Waals surface area (Å²) in [5.74, 6) is 1.81. The van der Waals surface area contributed by atoms with E-state index in [9.17, 15) is 4.79 Å². The summed E-state index contributed by atoms with van der Waals surface area (Å²) in [6.45, 7) is 1.18. The number of aromatic nitrogens is 3. The molecule has 0 fully saturated rings. The minimum Gasteiger partial charge on any atom is -0.494 e. The van der Waals surface area contributed by atoms with Gasteiger partial charge in [-0.15, -0.1) is 10.2 Å². The maximum absolute atomic E-state index is 11.8. The number of hydrogen-bond acceptors (Lipinski definition) is 4. The van der Waals surface area contributed by atoms with Crippen molar-refractivity contribution < 1.29 is 9.53 Å². The van der Waals surface area contributed by atoms with Crippen LogP contribution >= 0.6 is 0 Å². The monoisotopic (exact) mass is 338 g/mol. The highest BCUT2D eigenvalue weighted by molar-refractivity contribution is 5.75. The molecule has 0 saturated carbocycles. The molecule has 6 nitrogen and oxygen atoms in total. The lowest BCUT2D eigenvalue weighted by molar-refractivity contribution is -0.121. The lowest BCUT2D eigenvalue weighted by atomic mass is 10.2. The van der Waals surface area contributed by atoms with Crippen LogP contribution in [-0.4, -0.2) is 33.7 Å². The van der Waals surface area contributed by atoms with Crippen LogP contribution in [0.25, 0.3) is 5.65 Å². The molecule has 0 saturated heterocycles. The molecule has 3 rings (SSSR count). The molecule has 2 aromatic heterocycles. The summed E-state index contributed by atoms with van der Waals surface area (Å²) >= 11 is 0. The van der Waals surface area contributed by atoms with Crippen LogP contribution in [0.5, 0.6) is 5.75 Å². The van der Waals surface area contributed by atoms with E-state index in [1.54, 1.807) is 0 Å². The van der Waals surface area contributed by atoms with E-state index in [0.717, 1.165) is 30.1 Å². The molecular weight excluding hydrogens is 316 g/mol. The molecule has 3 aromatic rings. The van der Waals surface area contributed by atoms with Crippen molar-refractivity contribution in [2.75, 3.05) is 13.2 Å². The van der Waals surface area contributed by atoms with Gasteiger partial charge in [0.05, 0.1) is 6.61 Å². The van der Waals surface area contributed by atoms with E-state index in [2.05, 4.69) is 15.5 Å². The number of nitrogens with zero attached hydrogens (tertiary/aromatic N) is 3. The summed E-state index contributed by atoms with van der Waals surface area (Å²) in [6.07, 6.45) is 4.75. The number of rotatable bonds is 9. The number of ether oxygens (including phenoxy) is 1. The number of pyridine rings is 1. The van der Waals surface area contributed by atoms with Crippen molar-refractivity contribution in [2.24, 2.45) is 0 Å². The Kier molecular flexibility index (Phi) is 5.98. The Hall–Kier alpha value is -2.89. The zero-order valence-electron chi connectivity index (χ0n) is 14.1. The quantitative estimate of drug-likeness (QED) is 0.609. The summed E-state index contributed by atoms with van der Waals surface area (Å²) in [4.78, 5) is 11.8. The molecule has 2 heterocycles. The molecule has 25 heavy (non-hydrogen) atoms. The van der Waals surface area contributed by atoms with Gasteiger partial charge in [-0.05, 0) is 37.1 Å². The molecule has 0 aliphatic heterocycles. The molecular formula is C19H22N4O2. The molecule has 1 N–H and O–H groups in total. The summed E-state index contributed by atoms with van der Waals surface area (Å²) < 4.78 is 7.55. The molecule has 1 amide bonds. The van der Waals surface area contributed by atoms with Gasteiger partial charge in [0.2, 0.25) is 5.91 Å². The fourth-order valence-electron chi connectivity index (χ4n) is 2.56. The molecule has 0 spiro atoms. The van der Waals surface area contributed by atoms with Gasteiger partial charge in [0.15, 0.2) is 5.65 Å². The van der Waals surface area contributed by atoms with Crippen molar-refractivity contribution >= 4 is 11.6 Å². The maximum Gasteiger partial charge on any atom is 0.220 e. The Morgan fingerprint density at radius 1 is 1.04 bits per heavy atom. The van der Waals surface area contributed by atoms with Crippen LogP contribution in [0.15, 0.2) is 54.7 Å². The van der Waals surface area contributed by atoms with Gasteiger partial charge in [-0.1, -0.05) is 24.3 Å². The molecule has 0 atom stereocenters. The summed E-state index contributed by atoms with van der Waals surface area (Å²) in [5.41, 5.74) is 0.847. The molecule has 1 aromatic carbocycles. The summed E-state index contributed by atoms with van der Waals surface area (Å²) in [7, 11) is 0. The van der Waals surface area contributed by atoms with Gasteiger partial charge >= 0.3 is 0 Å². The summed E-state index contributed by atoms with van der Waals surface area (Å²) in [5, 5.41) is 11.2. The standard InChI is InChI=1S/C19H22N4O2/c24-19(12-7-15-25-16-8-2-1-3-9-16)20-13-6-11-18-22-21-17-10-4-5-14-23(17)18/h1-5,8-10,14H,6-7,11-13,15H2,(H,20,24). The first kappa shape index (κ1) is 17.0. The normalized spacial score (nSPS) is 10.7. The number of benzene rings is 1. The van der Waals surface area contributed by atoms with Crippen LogP contribution in [0.2, 0.25) is 0 Å². The first-order chi connectivity index (χ1) is 12.3. The molecule has 0 radical (unpaired) electrons. The smallest absolute Gasteiger partial charge is 0.220 e. The Morgan fingerprint density at radius 3 is 2.76 bits per heavy atom. The number of fused-ring (bicyclic) bond motifs is 1. The van der Waals surface area contributed by atoms with Gasteiger partial charge in [0.1, 0.15) is 11.6 Å². The molecule has 6 heteroatoms. The second-order valence-electron chi connectivity index (χ2n) is 5.76. The van der Waals surface area contributed by atoms with E-state index in [-0.39, 0.29) is 5.91 Å². The Balaban J connectivity index is 1.29. The van der Waals surface area contributed by atoms with Crippen LogP contribution in [-0.2, 0) is 11.2 Å². The van der Waals surface area contributed by atoms with Crippen LogP contribution in [0.1, 0.15) is 25.1 Å². The van der Waals surface area contributed by atoms with Crippen LogP contribution < -0.4 is 10.1 Å². The second kappa shape index (κ2) is 8.82. The fourth-order valence-corrected chi connectivity index (χ4v) is 2.56. The number of carbonyl (C=O) groups excluding carboxylic acids is 1. The fraction of sp³-hybridized carbons (Fsp3) is 0.316. The van der Waals surface area contributed by atoms with Crippen molar-refractivity contribution in [1.82, 2.24) is 19.9 Å². The van der Waals surface area contributed by atoms with Gasteiger partial charge in [-0.3, -0.25) is 9.20 Å². The second-order valence-corrected chi connectivity index (χ2v) is 5.76. The van der Waals surface area contributed by atoms with Crippen LogP contribution in [0, 0.1) is 0 Å². The number of amides is 1. The third-order valence-electron chi connectivity index (χ3n) is 3.84. The highest BCUT2D eigenvalue weighted by atomic mass is 16.5. The van der Waals surface area contributed by atoms with E-state index in [1.807, 2.05) is 59.1 Å². The zero-order valence-corrected chi connectivity index (χ0v) is 14.1. The lowest BCUT2D eigenvalue weighted by Crippen LogP contribution is -2.25. The Bertz CT molecular complexity index is 801. The average molecular weight is 338 g/mol. The van der Waals surface area contributed by atoms with Gasteiger partial charge < -0.3 is 10.1 Å². The third kappa shape index (κ3) is 5.04. The molecule has 0 aliphatic carbocycles. The molecule has 0 aliphatic rings. The van der Waals surface area contributed by atoms with E-state index in [1.165, 1.54) is 0 Å². The third-order valence-corrected chi connectivity index (χ3v) is 3.84. The topological polar surface area (TPSA) is 68.5 Å². The Morgan fingerprint density at radius 2 is 1.88 bits per heavy atom. The largest absolute Gasteiger partial charge is 0.494 e. The van der Waals surface area contributed by atoms with Gasteiger partial charge in [0, 0.05) is 25.6 Å². The number of nitrogens with one attached hydrogen (secondary N) is 1. The lowest BCUT2D eigenvalue weighted by Gasteiger charge is -2.07. The molecule has 0 bridgehead atoms. The first-order valence-electron chi connectivity index (χ1n) is 8.56. The van der Waals surface area contributed by atoms with Crippen LogP contribution in [0.4, 0.5) is 0 Å². The van der Waals surface area contributed by atoms with Gasteiger partial charge in [-0.2, -0.15) is 0 Å². The predicted molar refractivity (Wildman–Crippen MR) is 95.5 cm³/mol. The molecule has 130 valence electrons. The van der Waals surface area contributed by atoms with E-state index in [0.29, 0.717) is 26.0 Å². The van der Waals surface area contributed by atoms with Gasteiger partial charge in [-0.25, -0.2) is 0 Å². The minimum atomic E-state index is 0.0581. The highest BCUT2D eigenvalue weighted by Crippen LogP contribution is 2.09.